The topological polar surface area (TPSA) is 79.9 Å². The number of hydrogen-bond acceptors (Lipinski definition) is 5. The van der Waals surface area contributed by atoms with Gasteiger partial charge in [-0.25, -0.2) is 4.79 Å². The molecule has 0 unspecified atom stereocenters. The highest BCUT2D eigenvalue weighted by atomic mass is 79.9. The Labute approximate surface area is 145 Å². The van der Waals surface area contributed by atoms with Crippen molar-refractivity contribution in [3.05, 3.63) is 35.5 Å². The van der Waals surface area contributed by atoms with Gasteiger partial charge in [-0.3, -0.25) is 0 Å². The third-order valence-electron chi connectivity index (χ3n) is 2.80. The van der Waals surface area contributed by atoms with Crippen LogP contribution in [0.15, 0.2) is 28.7 Å². The smallest absolute Gasteiger partial charge is 0.351 e. The Balaban J connectivity index is 2.66. The molecule has 0 fully saturated rings. The second-order valence-corrected chi connectivity index (χ2v) is 6.58. The maximum atomic E-state index is 11.8. The quantitative estimate of drug-likeness (QED) is 0.500. The van der Waals surface area contributed by atoms with E-state index in [1.165, 1.54) is 0 Å². The zero-order chi connectivity index (χ0) is 15.6. The van der Waals surface area contributed by atoms with Crippen molar-refractivity contribution in [3.63, 3.8) is 0 Å². The number of benzene rings is 1. The van der Waals surface area contributed by atoms with Crippen LogP contribution in [0.1, 0.15) is 12.0 Å². The lowest BCUT2D eigenvalue weighted by Gasteiger charge is -2.13. The third-order valence-corrected chi connectivity index (χ3v) is 4.91. The maximum absolute atomic E-state index is 11.8. The van der Waals surface area contributed by atoms with E-state index in [4.69, 9.17) is 14.3 Å². The molecule has 0 radical (unpaired) electrons. The molecule has 2 rings (SSSR count). The Hall–Kier alpha value is -0.410. The Morgan fingerprint density at radius 2 is 1.90 bits per heavy atom. The Morgan fingerprint density at radius 3 is 2.52 bits per heavy atom. The monoisotopic (exact) mass is 484 g/mol. The molecule has 21 heavy (non-hydrogen) atoms. The molecule has 5 nitrogen and oxygen atoms in total. The van der Waals surface area contributed by atoms with Crippen LogP contribution < -0.4 is 10.4 Å². The molecule has 0 atom stereocenters. The van der Waals surface area contributed by atoms with Crippen LogP contribution in [-0.2, 0) is 6.61 Å². The van der Waals surface area contributed by atoms with Crippen molar-refractivity contribution in [1.29, 1.82) is 0 Å². The van der Waals surface area contributed by atoms with Gasteiger partial charge in [0, 0.05) is 24.0 Å². The van der Waals surface area contributed by atoms with Gasteiger partial charge in [-0.2, -0.15) is 0 Å². The molecule has 0 saturated heterocycles. The van der Waals surface area contributed by atoms with E-state index in [0.717, 1.165) is 0 Å². The van der Waals surface area contributed by atoms with Crippen LogP contribution in [0.3, 0.4) is 0 Å². The van der Waals surface area contributed by atoms with Gasteiger partial charge in [0.05, 0.1) is 17.7 Å². The van der Waals surface area contributed by atoms with E-state index >= 15 is 0 Å². The van der Waals surface area contributed by atoms with Crippen LogP contribution in [0.2, 0.25) is 0 Å². The first-order valence-electron chi connectivity index (χ1n) is 5.99. The van der Waals surface area contributed by atoms with Crippen LogP contribution in [0.25, 0.3) is 11.0 Å². The van der Waals surface area contributed by atoms with Gasteiger partial charge in [0.2, 0.25) is 0 Å². The number of halogens is 3. The van der Waals surface area contributed by atoms with Gasteiger partial charge in [-0.05, 0) is 53.9 Å². The van der Waals surface area contributed by atoms with Gasteiger partial charge in [0.1, 0.15) is 8.95 Å². The molecule has 0 bridgehead atoms. The van der Waals surface area contributed by atoms with Crippen molar-refractivity contribution in [2.45, 2.75) is 13.0 Å². The first-order chi connectivity index (χ1) is 10.0. The molecule has 0 spiro atoms. The first kappa shape index (κ1) is 17.0. The van der Waals surface area contributed by atoms with E-state index < -0.39 is 5.63 Å². The van der Waals surface area contributed by atoms with E-state index in [1.54, 1.807) is 6.07 Å². The van der Waals surface area contributed by atoms with Crippen molar-refractivity contribution >= 4 is 58.8 Å². The zero-order valence-electron chi connectivity index (χ0n) is 10.7. The van der Waals surface area contributed by atoms with Crippen LogP contribution >= 0.6 is 47.8 Å². The summed E-state index contributed by atoms with van der Waals surface area (Å²) in [5, 5.41) is 18.9. The summed E-state index contributed by atoms with van der Waals surface area (Å²) in [6.45, 7) is 0.0542. The van der Waals surface area contributed by atoms with Crippen LogP contribution in [-0.4, -0.2) is 23.4 Å². The summed E-state index contributed by atoms with van der Waals surface area (Å²) in [5.41, 5.74) is 0.176. The Kier molecular flexibility index (Phi) is 5.84. The molecule has 1 heterocycles. The highest BCUT2D eigenvalue weighted by Crippen LogP contribution is 2.41. The van der Waals surface area contributed by atoms with Crippen LogP contribution in [0, 0.1) is 0 Å². The number of fused-ring (bicyclic) bond motifs is 1. The molecule has 0 aliphatic rings. The van der Waals surface area contributed by atoms with E-state index in [9.17, 15) is 9.90 Å². The van der Waals surface area contributed by atoms with E-state index in [0.29, 0.717) is 44.3 Å². The molecule has 0 aliphatic carbocycles. The van der Waals surface area contributed by atoms with Crippen molar-refractivity contribution in [2.75, 3.05) is 13.2 Å². The molecule has 1 aromatic heterocycles. The van der Waals surface area contributed by atoms with Gasteiger partial charge >= 0.3 is 5.63 Å². The fourth-order valence-electron chi connectivity index (χ4n) is 1.81. The summed E-state index contributed by atoms with van der Waals surface area (Å²) in [7, 11) is 0. The van der Waals surface area contributed by atoms with Crippen molar-refractivity contribution in [3.8, 4) is 5.75 Å². The normalized spacial score (nSPS) is 11.1. The lowest BCUT2D eigenvalue weighted by molar-refractivity contribution is 0.232. The lowest BCUT2D eigenvalue weighted by atomic mass is 10.1. The standard InChI is InChI=1S/C13H11Br3O5/c14-8-4-6-7(5-18)9(15)13(19)21-11(6)10(16)12(8)20-3-1-2-17/h4,17-18H,1-3,5H2. The average molecular weight is 487 g/mol. The summed E-state index contributed by atoms with van der Waals surface area (Å²) in [5.74, 6) is 0.477. The lowest BCUT2D eigenvalue weighted by Crippen LogP contribution is -2.06. The fraction of sp³-hybridized carbons (Fsp3) is 0.308. The van der Waals surface area contributed by atoms with Crippen LogP contribution in [0.5, 0.6) is 5.75 Å². The van der Waals surface area contributed by atoms with Crippen molar-refractivity contribution in [1.82, 2.24) is 0 Å². The number of rotatable bonds is 5. The number of hydrogen-bond donors (Lipinski definition) is 2. The summed E-state index contributed by atoms with van der Waals surface area (Å²) in [4.78, 5) is 11.8. The summed E-state index contributed by atoms with van der Waals surface area (Å²) >= 11 is 9.88. The number of aliphatic hydroxyl groups is 2. The van der Waals surface area contributed by atoms with Gasteiger partial charge < -0.3 is 19.4 Å². The minimum atomic E-state index is -0.573. The molecule has 0 saturated carbocycles. The highest BCUT2D eigenvalue weighted by molar-refractivity contribution is 9.11. The molecule has 1 aromatic carbocycles. The fourth-order valence-corrected chi connectivity index (χ4v) is 3.66. The predicted molar refractivity (Wildman–Crippen MR) is 88.7 cm³/mol. The Bertz CT molecular complexity index is 726. The largest absolute Gasteiger partial charge is 0.491 e. The van der Waals surface area contributed by atoms with Gasteiger partial charge in [0.25, 0.3) is 0 Å². The summed E-state index contributed by atoms with van der Waals surface area (Å²) < 4.78 is 12.2. The van der Waals surface area contributed by atoms with E-state index in [2.05, 4.69) is 47.8 Å². The first-order valence-corrected chi connectivity index (χ1v) is 8.36. The number of aliphatic hydroxyl groups excluding tert-OH is 2. The van der Waals surface area contributed by atoms with Crippen LogP contribution in [0.4, 0.5) is 0 Å². The second-order valence-electron chi connectivity index (χ2n) is 4.14. The zero-order valence-corrected chi connectivity index (χ0v) is 15.4. The predicted octanol–water partition coefficient (Wildman–Crippen LogP) is 3.33. The van der Waals surface area contributed by atoms with Crippen molar-refractivity contribution < 1.29 is 19.4 Å². The molecular weight excluding hydrogens is 476 g/mol. The highest BCUT2D eigenvalue weighted by Gasteiger charge is 2.19. The van der Waals surface area contributed by atoms with E-state index in [1.807, 2.05) is 0 Å². The molecular formula is C13H11Br3O5. The average Bonchev–Trinajstić information content (AvgIpc) is 2.45. The van der Waals surface area contributed by atoms with Gasteiger partial charge in [0.15, 0.2) is 11.3 Å². The molecule has 8 heteroatoms. The number of ether oxygens (including phenoxy) is 1. The molecule has 114 valence electrons. The van der Waals surface area contributed by atoms with E-state index in [-0.39, 0.29) is 17.7 Å². The minimum Gasteiger partial charge on any atom is -0.491 e. The maximum Gasteiger partial charge on any atom is 0.351 e. The minimum absolute atomic E-state index is 0.0273. The van der Waals surface area contributed by atoms with Gasteiger partial charge in [-0.15, -0.1) is 0 Å². The second kappa shape index (κ2) is 7.23. The molecule has 0 amide bonds. The molecule has 0 aliphatic heterocycles. The summed E-state index contributed by atoms with van der Waals surface area (Å²) in [6, 6.07) is 1.72. The Morgan fingerprint density at radius 1 is 1.19 bits per heavy atom. The molecule has 2 N–H and O–H groups in total. The van der Waals surface area contributed by atoms with Crippen molar-refractivity contribution in [2.24, 2.45) is 0 Å². The van der Waals surface area contributed by atoms with Gasteiger partial charge in [-0.1, -0.05) is 0 Å². The summed E-state index contributed by atoms with van der Waals surface area (Å²) in [6.07, 6.45) is 0.489. The SMILES string of the molecule is O=c1oc2c(Br)c(OCCCO)c(Br)cc2c(CO)c1Br. The third kappa shape index (κ3) is 3.34. The molecule has 2 aromatic rings.